The minimum absolute atomic E-state index is 0.0853. The Kier molecular flexibility index (Phi) is 5.23. The van der Waals surface area contributed by atoms with Crippen LogP contribution in [0.1, 0.15) is 48.0 Å². The lowest BCUT2D eigenvalue weighted by Crippen LogP contribution is -2.41. The van der Waals surface area contributed by atoms with E-state index in [0.29, 0.717) is 12.1 Å². The first-order valence-electron chi connectivity index (χ1n) is 9.98. The number of amidine groups is 1. The van der Waals surface area contributed by atoms with E-state index >= 15 is 0 Å². The summed E-state index contributed by atoms with van der Waals surface area (Å²) in [5.74, 6) is 1.40. The van der Waals surface area contributed by atoms with E-state index in [1.807, 2.05) is 36.5 Å². The summed E-state index contributed by atoms with van der Waals surface area (Å²) in [6, 6.07) is 12.0. The van der Waals surface area contributed by atoms with E-state index in [0.717, 1.165) is 29.1 Å². The van der Waals surface area contributed by atoms with Gasteiger partial charge in [-0.15, -0.1) is 0 Å². The Morgan fingerprint density at radius 3 is 2.70 bits per heavy atom. The third-order valence-electron chi connectivity index (χ3n) is 5.72. The van der Waals surface area contributed by atoms with Gasteiger partial charge in [0.2, 0.25) is 0 Å². The van der Waals surface area contributed by atoms with E-state index in [4.69, 9.17) is 0 Å². The molecule has 0 saturated heterocycles. The lowest BCUT2D eigenvalue weighted by atomic mass is 9.89. The molecule has 1 aliphatic heterocycles. The van der Waals surface area contributed by atoms with E-state index in [9.17, 15) is 4.79 Å². The molecular weight excluding hydrogens is 334 g/mol. The Morgan fingerprint density at radius 2 is 1.89 bits per heavy atom. The Morgan fingerprint density at radius 1 is 1.11 bits per heavy atom. The van der Waals surface area contributed by atoms with Crippen LogP contribution in [0.3, 0.4) is 0 Å². The predicted octanol–water partition coefficient (Wildman–Crippen LogP) is 4.64. The van der Waals surface area contributed by atoms with E-state index in [2.05, 4.69) is 28.2 Å². The summed E-state index contributed by atoms with van der Waals surface area (Å²) in [5, 5.41) is 5.14. The van der Waals surface area contributed by atoms with Crippen molar-refractivity contribution in [3.63, 3.8) is 0 Å². The molecule has 140 valence electrons. The number of nitrogens with one attached hydrogen (secondary N) is 1. The molecule has 0 unspecified atom stereocenters. The van der Waals surface area contributed by atoms with Gasteiger partial charge in [-0.1, -0.05) is 49.6 Å². The zero-order chi connectivity index (χ0) is 18.6. The van der Waals surface area contributed by atoms with Crippen molar-refractivity contribution in [2.24, 2.45) is 10.9 Å². The molecule has 4 heteroatoms. The van der Waals surface area contributed by atoms with E-state index in [1.165, 1.54) is 37.7 Å². The molecule has 0 aromatic heterocycles. The van der Waals surface area contributed by atoms with Gasteiger partial charge in [-0.3, -0.25) is 4.79 Å². The highest BCUT2D eigenvalue weighted by atomic mass is 16.1. The van der Waals surface area contributed by atoms with Crippen molar-refractivity contribution in [1.29, 1.82) is 0 Å². The number of hydrogen-bond acceptors (Lipinski definition) is 3. The standard InChI is InChI=1S/C23H27N3O/c1-17-11-12-21(20-10-6-5-9-19(17)20)23(27)25-22-16-26(14-13-24-22)15-18-7-3-2-4-8-18/h5-6,9-14,18H,2-4,7-8,15-16H2,1H3,(H,24,25,27). The molecule has 0 spiro atoms. The first-order chi connectivity index (χ1) is 13.2. The number of aliphatic imine (C=N–C) groups is 1. The largest absolute Gasteiger partial charge is 0.368 e. The minimum atomic E-state index is -0.0853. The lowest BCUT2D eigenvalue weighted by Gasteiger charge is -2.30. The monoisotopic (exact) mass is 361 g/mol. The SMILES string of the molecule is Cc1ccc(C(=O)NC2=NC=CN(CC3CCCCC3)C2)c2ccccc12. The van der Waals surface area contributed by atoms with Crippen molar-refractivity contribution in [3.05, 3.63) is 59.9 Å². The average Bonchev–Trinajstić information content (AvgIpc) is 2.69. The van der Waals surface area contributed by atoms with Crippen LogP contribution in [0.5, 0.6) is 0 Å². The van der Waals surface area contributed by atoms with Gasteiger partial charge in [0.1, 0.15) is 5.84 Å². The van der Waals surface area contributed by atoms with Gasteiger partial charge in [0.25, 0.3) is 5.91 Å². The fraction of sp³-hybridized carbons (Fsp3) is 0.391. The molecule has 1 N–H and O–H groups in total. The van der Waals surface area contributed by atoms with Gasteiger partial charge in [0.15, 0.2) is 0 Å². The highest BCUT2D eigenvalue weighted by molar-refractivity contribution is 6.14. The molecule has 1 amide bonds. The van der Waals surface area contributed by atoms with Gasteiger partial charge in [0, 0.05) is 24.5 Å². The second kappa shape index (κ2) is 7.95. The maximum Gasteiger partial charge on any atom is 0.257 e. The van der Waals surface area contributed by atoms with Gasteiger partial charge in [-0.2, -0.15) is 0 Å². The van der Waals surface area contributed by atoms with Crippen LogP contribution in [0.25, 0.3) is 10.8 Å². The zero-order valence-electron chi connectivity index (χ0n) is 15.9. The molecule has 2 aliphatic rings. The van der Waals surface area contributed by atoms with Gasteiger partial charge in [0.05, 0.1) is 6.54 Å². The molecule has 1 heterocycles. The number of hydrogen-bond donors (Lipinski definition) is 1. The lowest BCUT2D eigenvalue weighted by molar-refractivity contribution is 0.0977. The third kappa shape index (κ3) is 4.05. The van der Waals surface area contributed by atoms with Crippen LogP contribution in [0.4, 0.5) is 0 Å². The number of benzene rings is 2. The summed E-state index contributed by atoms with van der Waals surface area (Å²) >= 11 is 0. The molecule has 2 aromatic carbocycles. The van der Waals surface area contributed by atoms with Crippen molar-refractivity contribution in [1.82, 2.24) is 10.2 Å². The quantitative estimate of drug-likeness (QED) is 0.865. The normalized spacial score (nSPS) is 17.8. The molecule has 4 rings (SSSR count). The number of nitrogens with zero attached hydrogens (tertiary/aromatic N) is 2. The highest BCUT2D eigenvalue weighted by Gasteiger charge is 2.19. The first kappa shape index (κ1) is 17.8. The van der Waals surface area contributed by atoms with Gasteiger partial charge >= 0.3 is 0 Å². The maximum absolute atomic E-state index is 12.9. The number of fused-ring (bicyclic) bond motifs is 1. The Labute approximate surface area is 161 Å². The summed E-state index contributed by atoms with van der Waals surface area (Å²) in [7, 11) is 0. The molecule has 1 fully saturated rings. The second-order valence-electron chi connectivity index (χ2n) is 7.74. The summed E-state index contributed by atoms with van der Waals surface area (Å²) in [6.45, 7) is 3.80. The van der Waals surface area contributed by atoms with Crippen LogP contribution < -0.4 is 5.32 Å². The summed E-state index contributed by atoms with van der Waals surface area (Å²) in [6.07, 6.45) is 10.6. The minimum Gasteiger partial charge on any atom is -0.368 e. The first-order valence-corrected chi connectivity index (χ1v) is 9.98. The number of aryl methyl sites for hydroxylation is 1. The van der Waals surface area contributed by atoms with Crippen LogP contribution in [0, 0.1) is 12.8 Å². The molecule has 1 saturated carbocycles. The summed E-state index contributed by atoms with van der Waals surface area (Å²) < 4.78 is 0. The molecule has 2 aromatic rings. The van der Waals surface area contributed by atoms with Crippen molar-refractivity contribution >= 4 is 22.5 Å². The van der Waals surface area contributed by atoms with Crippen molar-refractivity contribution < 1.29 is 4.79 Å². The molecule has 4 nitrogen and oxygen atoms in total. The van der Waals surface area contributed by atoms with Crippen molar-refractivity contribution in [2.45, 2.75) is 39.0 Å². The fourth-order valence-electron chi connectivity index (χ4n) is 4.25. The summed E-state index contributed by atoms with van der Waals surface area (Å²) in [5.41, 5.74) is 1.88. The predicted molar refractivity (Wildman–Crippen MR) is 111 cm³/mol. The maximum atomic E-state index is 12.9. The van der Waals surface area contributed by atoms with Gasteiger partial charge in [-0.05, 0) is 48.1 Å². The third-order valence-corrected chi connectivity index (χ3v) is 5.72. The van der Waals surface area contributed by atoms with Crippen LogP contribution in [-0.2, 0) is 0 Å². The zero-order valence-corrected chi connectivity index (χ0v) is 15.9. The number of carbonyl (C=O) groups excluding carboxylic acids is 1. The smallest absolute Gasteiger partial charge is 0.257 e. The number of rotatable bonds is 3. The molecule has 0 bridgehead atoms. The average molecular weight is 361 g/mol. The Balaban J connectivity index is 1.45. The van der Waals surface area contributed by atoms with Crippen LogP contribution >= 0.6 is 0 Å². The molecular formula is C23H27N3O. The van der Waals surface area contributed by atoms with E-state index < -0.39 is 0 Å². The van der Waals surface area contributed by atoms with Gasteiger partial charge in [-0.25, -0.2) is 4.99 Å². The van der Waals surface area contributed by atoms with Crippen molar-refractivity contribution in [3.8, 4) is 0 Å². The molecule has 27 heavy (non-hydrogen) atoms. The van der Waals surface area contributed by atoms with E-state index in [-0.39, 0.29) is 5.91 Å². The highest BCUT2D eigenvalue weighted by Crippen LogP contribution is 2.25. The van der Waals surface area contributed by atoms with Gasteiger partial charge < -0.3 is 10.2 Å². The topological polar surface area (TPSA) is 44.7 Å². The Bertz CT molecular complexity index is 894. The number of amides is 1. The van der Waals surface area contributed by atoms with Crippen molar-refractivity contribution in [2.75, 3.05) is 13.1 Å². The summed E-state index contributed by atoms with van der Waals surface area (Å²) in [4.78, 5) is 19.6. The number of carbonyl (C=O) groups is 1. The van der Waals surface area contributed by atoms with Crippen LogP contribution in [0.15, 0.2) is 53.8 Å². The van der Waals surface area contributed by atoms with Crippen LogP contribution in [-0.4, -0.2) is 29.7 Å². The molecule has 0 atom stereocenters. The second-order valence-corrected chi connectivity index (χ2v) is 7.74. The van der Waals surface area contributed by atoms with Crippen LogP contribution in [0.2, 0.25) is 0 Å². The van der Waals surface area contributed by atoms with E-state index in [1.54, 1.807) is 6.20 Å². The molecule has 1 aliphatic carbocycles. The fourth-order valence-corrected chi connectivity index (χ4v) is 4.25. The Hall–Kier alpha value is -2.62. The molecule has 0 radical (unpaired) electrons.